The van der Waals surface area contributed by atoms with Gasteiger partial charge in [0.15, 0.2) is 5.82 Å². The maximum Gasteiger partial charge on any atom is 0.257 e. The largest absolute Gasteiger partial charge is 0.322 e. The molecule has 0 aliphatic rings. The predicted molar refractivity (Wildman–Crippen MR) is 115 cm³/mol. The molecule has 1 aromatic heterocycles. The quantitative estimate of drug-likeness (QED) is 0.465. The van der Waals surface area contributed by atoms with Crippen LogP contribution in [0.4, 0.5) is 5.69 Å². The van der Waals surface area contributed by atoms with Crippen LogP contribution in [0.1, 0.15) is 42.5 Å². The minimum absolute atomic E-state index is 0.213. The Morgan fingerprint density at radius 1 is 1.25 bits per heavy atom. The first-order valence-electron chi connectivity index (χ1n) is 8.64. The third-order valence-corrected chi connectivity index (χ3v) is 4.50. The third-order valence-electron chi connectivity index (χ3n) is 3.91. The fourth-order valence-electron chi connectivity index (χ4n) is 2.55. The summed E-state index contributed by atoms with van der Waals surface area (Å²) in [6.07, 6.45) is 1.67. The lowest BCUT2D eigenvalue weighted by molar-refractivity contribution is 0.102. The van der Waals surface area contributed by atoms with Crippen LogP contribution < -0.4 is 5.32 Å². The van der Waals surface area contributed by atoms with Crippen molar-refractivity contribution in [2.24, 2.45) is 5.10 Å². The van der Waals surface area contributed by atoms with Gasteiger partial charge < -0.3 is 5.32 Å². The number of hydrogen-bond acceptors (Lipinski definition) is 4. The molecule has 0 aliphatic heterocycles. The molecule has 3 aromatic rings. The number of hydrogen-bond donors (Lipinski definition) is 2. The summed E-state index contributed by atoms with van der Waals surface area (Å²) >= 11 is 11.4. The molecule has 1 amide bonds. The number of nitrogens with one attached hydrogen (secondary N) is 2. The number of rotatable bonds is 4. The van der Waals surface area contributed by atoms with Gasteiger partial charge in [-0.3, -0.25) is 9.89 Å². The molecule has 0 fully saturated rings. The van der Waals surface area contributed by atoms with Crippen molar-refractivity contribution in [3.05, 3.63) is 75.3 Å². The van der Waals surface area contributed by atoms with Gasteiger partial charge in [0.25, 0.3) is 5.91 Å². The number of halogens is 1. The van der Waals surface area contributed by atoms with Gasteiger partial charge in [0.1, 0.15) is 0 Å². The summed E-state index contributed by atoms with van der Waals surface area (Å²) in [6.45, 7) is 6.11. The first-order chi connectivity index (χ1) is 13.3. The number of amides is 1. The molecule has 0 atom stereocenters. The molecule has 3 rings (SSSR count). The highest BCUT2D eigenvalue weighted by atomic mass is 35.5. The number of carbonyl (C=O) groups is 1. The summed E-state index contributed by atoms with van der Waals surface area (Å²) in [5, 5.41) is 14.7. The van der Waals surface area contributed by atoms with Gasteiger partial charge in [0.2, 0.25) is 4.77 Å². The van der Waals surface area contributed by atoms with Crippen molar-refractivity contribution >= 4 is 41.6 Å². The Morgan fingerprint density at radius 2 is 2.00 bits per heavy atom. The van der Waals surface area contributed by atoms with Crippen molar-refractivity contribution in [1.29, 1.82) is 0 Å². The molecule has 28 heavy (non-hydrogen) atoms. The molecular formula is C20H20ClN5OS. The monoisotopic (exact) mass is 413 g/mol. The Kier molecular flexibility index (Phi) is 5.76. The van der Waals surface area contributed by atoms with Crippen molar-refractivity contribution in [2.45, 2.75) is 26.2 Å². The van der Waals surface area contributed by atoms with E-state index >= 15 is 0 Å². The average molecular weight is 414 g/mol. The molecule has 2 N–H and O–H groups in total. The molecule has 0 unspecified atom stereocenters. The Bertz CT molecular complexity index is 1090. The van der Waals surface area contributed by atoms with Gasteiger partial charge in [0.05, 0.1) is 16.8 Å². The van der Waals surface area contributed by atoms with Gasteiger partial charge in [-0.05, 0) is 42.0 Å². The Balaban J connectivity index is 1.82. The van der Waals surface area contributed by atoms with Crippen LogP contribution in [0.25, 0.3) is 0 Å². The highest BCUT2D eigenvalue weighted by molar-refractivity contribution is 7.71. The molecule has 6 nitrogen and oxygen atoms in total. The molecule has 0 radical (unpaired) electrons. The second-order valence-electron chi connectivity index (χ2n) is 7.22. The molecule has 0 saturated carbocycles. The van der Waals surface area contributed by atoms with Crippen LogP contribution in [0, 0.1) is 4.77 Å². The van der Waals surface area contributed by atoms with Crippen LogP contribution in [0.15, 0.2) is 53.6 Å². The second kappa shape index (κ2) is 8.08. The van der Waals surface area contributed by atoms with Gasteiger partial charge in [-0.25, -0.2) is 0 Å². The lowest BCUT2D eigenvalue weighted by atomic mass is 9.96. The number of aromatic amines is 1. The lowest BCUT2D eigenvalue weighted by Crippen LogP contribution is -2.17. The van der Waals surface area contributed by atoms with Gasteiger partial charge in [-0.15, -0.1) is 0 Å². The minimum atomic E-state index is -0.272. The van der Waals surface area contributed by atoms with Crippen LogP contribution in [0.5, 0.6) is 0 Å². The van der Waals surface area contributed by atoms with E-state index in [1.54, 1.807) is 41.2 Å². The van der Waals surface area contributed by atoms with E-state index in [4.69, 9.17) is 23.8 Å². The number of anilines is 1. The third kappa shape index (κ3) is 4.55. The Hall–Kier alpha value is -2.77. The van der Waals surface area contributed by atoms with Gasteiger partial charge in [-0.1, -0.05) is 56.6 Å². The van der Waals surface area contributed by atoms with Crippen molar-refractivity contribution < 1.29 is 4.79 Å². The van der Waals surface area contributed by atoms with Crippen LogP contribution in [0.2, 0.25) is 5.02 Å². The zero-order chi connectivity index (χ0) is 20.3. The fraction of sp³-hybridized carbons (Fsp3) is 0.200. The van der Waals surface area contributed by atoms with Crippen LogP contribution in [0.3, 0.4) is 0 Å². The Morgan fingerprint density at radius 3 is 2.71 bits per heavy atom. The normalized spacial score (nSPS) is 11.7. The average Bonchev–Trinajstić information content (AvgIpc) is 3.01. The molecule has 0 bridgehead atoms. The molecule has 8 heteroatoms. The van der Waals surface area contributed by atoms with Gasteiger partial charge in [0, 0.05) is 11.1 Å². The SMILES string of the molecule is CC(C)(C)c1n[nH]c(=S)n1/N=C\c1cccc(NC(=O)c2ccccc2Cl)c1. The van der Waals surface area contributed by atoms with E-state index in [1.165, 1.54) is 0 Å². The summed E-state index contributed by atoms with van der Waals surface area (Å²) in [6, 6.07) is 14.2. The van der Waals surface area contributed by atoms with E-state index < -0.39 is 0 Å². The van der Waals surface area contributed by atoms with Gasteiger partial charge >= 0.3 is 0 Å². The molecule has 2 aromatic carbocycles. The number of carbonyl (C=O) groups excluding carboxylic acids is 1. The standard InChI is InChI=1S/C20H20ClN5OS/c1-20(2,3)18-24-25-19(28)26(18)22-12-13-7-6-8-14(11-13)23-17(27)15-9-4-5-10-16(15)21/h4-12H,1-3H3,(H,23,27)(H,25,28)/b22-12-. The van der Waals surface area contributed by atoms with E-state index in [2.05, 4.69) is 20.6 Å². The molecule has 0 spiro atoms. The van der Waals surface area contributed by atoms with Crippen molar-refractivity contribution in [3.8, 4) is 0 Å². The van der Waals surface area contributed by atoms with Crippen molar-refractivity contribution in [3.63, 3.8) is 0 Å². The summed E-state index contributed by atoms with van der Waals surface area (Å²) in [5.41, 5.74) is 1.65. The van der Waals surface area contributed by atoms with Crippen LogP contribution >= 0.6 is 23.8 Å². The molecule has 144 valence electrons. The second-order valence-corrected chi connectivity index (χ2v) is 8.01. The van der Waals surface area contributed by atoms with Crippen LogP contribution in [-0.2, 0) is 5.41 Å². The molecular weight excluding hydrogens is 394 g/mol. The van der Waals surface area contributed by atoms with E-state index in [1.807, 2.05) is 39.0 Å². The Labute approximate surface area is 173 Å². The van der Waals surface area contributed by atoms with E-state index in [0.717, 1.165) is 11.4 Å². The number of H-pyrrole nitrogens is 1. The van der Waals surface area contributed by atoms with Crippen molar-refractivity contribution in [1.82, 2.24) is 14.9 Å². The molecule has 1 heterocycles. The van der Waals surface area contributed by atoms with Gasteiger partial charge in [-0.2, -0.15) is 14.9 Å². The van der Waals surface area contributed by atoms with E-state index in [0.29, 0.717) is 21.0 Å². The van der Waals surface area contributed by atoms with E-state index in [-0.39, 0.29) is 11.3 Å². The summed E-state index contributed by atoms with van der Waals surface area (Å²) in [5.74, 6) is 0.462. The summed E-state index contributed by atoms with van der Waals surface area (Å²) in [4.78, 5) is 12.4. The number of benzene rings is 2. The highest BCUT2D eigenvalue weighted by Crippen LogP contribution is 2.20. The zero-order valence-electron chi connectivity index (χ0n) is 15.7. The number of nitrogens with zero attached hydrogens (tertiary/aromatic N) is 3. The molecule has 0 saturated heterocycles. The first kappa shape index (κ1) is 20.0. The maximum absolute atomic E-state index is 12.4. The summed E-state index contributed by atoms with van der Waals surface area (Å²) < 4.78 is 2.02. The first-order valence-corrected chi connectivity index (χ1v) is 9.42. The molecule has 0 aliphatic carbocycles. The smallest absolute Gasteiger partial charge is 0.257 e. The minimum Gasteiger partial charge on any atom is -0.322 e. The maximum atomic E-state index is 12.4. The summed E-state index contributed by atoms with van der Waals surface area (Å²) in [7, 11) is 0. The lowest BCUT2D eigenvalue weighted by Gasteiger charge is -2.15. The predicted octanol–water partition coefficient (Wildman–Crippen LogP) is 5.03. The fourth-order valence-corrected chi connectivity index (χ4v) is 2.95. The zero-order valence-corrected chi connectivity index (χ0v) is 17.3. The highest BCUT2D eigenvalue weighted by Gasteiger charge is 2.21. The topological polar surface area (TPSA) is 75.1 Å². The van der Waals surface area contributed by atoms with Crippen molar-refractivity contribution in [2.75, 3.05) is 5.32 Å². The van der Waals surface area contributed by atoms with Crippen LogP contribution in [-0.4, -0.2) is 27.0 Å². The van der Waals surface area contributed by atoms with E-state index in [9.17, 15) is 4.79 Å². The number of aromatic nitrogens is 3.